The molecule has 0 nitrogen and oxygen atoms in total. The maximum Gasteiger partial charge on any atom is 0.495 e. The van der Waals surface area contributed by atoms with E-state index < -0.39 is 0 Å². The first-order valence-corrected chi connectivity index (χ1v) is 10.6. The van der Waals surface area contributed by atoms with E-state index in [1.807, 2.05) is 18.2 Å². The largest absolute Gasteiger partial charge is 0.495 e. The molecule has 0 unspecified atom stereocenters. The molecule has 6 heteroatoms. The van der Waals surface area contributed by atoms with Crippen molar-refractivity contribution in [2.24, 2.45) is 0 Å². The molecule has 0 amide bonds. The van der Waals surface area contributed by atoms with Crippen LogP contribution in [0.2, 0.25) is 0 Å². The van der Waals surface area contributed by atoms with Gasteiger partial charge in [-0.1, -0.05) is 35.9 Å². The van der Waals surface area contributed by atoms with Crippen LogP contribution in [0, 0.1) is 6.92 Å². The Morgan fingerprint density at radius 2 is 1.50 bits per heavy atom. The number of rotatable bonds is 1. The molecule has 0 aliphatic heterocycles. The standard InChI is InChI=1S/C8H9.2Al.4ClH/c1-2-8-6-4-3-5-7-8;;;;;;/h3-7H,1-2H2;;;4*1H/q-1;+2;+3;;;;/p-4. The van der Waals surface area contributed by atoms with E-state index in [1.54, 1.807) is 0 Å². The smallest absolute Gasteiger partial charge is 0.248 e. The molecule has 75 valence electrons. The molecule has 1 aromatic rings. The van der Waals surface area contributed by atoms with Crippen LogP contribution in [0.3, 0.4) is 0 Å². The maximum atomic E-state index is 4.85. The Kier molecular flexibility index (Phi) is 21.5. The van der Waals surface area contributed by atoms with Crippen molar-refractivity contribution in [1.29, 1.82) is 0 Å². The number of halogens is 4. The molecule has 0 saturated heterocycles. The second kappa shape index (κ2) is 16.9. The van der Waals surface area contributed by atoms with Gasteiger partial charge < -0.3 is 6.92 Å². The van der Waals surface area contributed by atoms with Crippen LogP contribution in [0.5, 0.6) is 0 Å². The van der Waals surface area contributed by atoms with Gasteiger partial charge in [0, 0.05) is 0 Å². The number of hydrogen-bond acceptors (Lipinski definition) is 0. The number of hydrogen-bond donors (Lipinski definition) is 0. The topological polar surface area (TPSA) is 0 Å². The van der Waals surface area contributed by atoms with Crippen LogP contribution in [0.25, 0.3) is 0 Å². The minimum atomic E-state index is -0.306. The fourth-order valence-electron chi connectivity index (χ4n) is 0.645. The zero-order valence-corrected chi connectivity index (χ0v) is 12.8. The van der Waals surface area contributed by atoms with Gasteiger partial charge in [-0.15, -0.1) is 0 Å². The maximum absolute atomic E-state index is 4.85. The van der Waals surface area contributed by atoms with Crippen molar-refractivity contribution in [3.63, 3.8) is 0 Å². The Bertz CT molecular complexity index is 182. The zero-order valence-electron chi connectivity index (χ0n) is 7.47. The average Bonchev–Trinajstić information content (AvgIpc) is 2.21. The molecule has 0 heterocycles. The summed E-state index contributed by atoms with van der Waals surface area (Å²) < 4.78 is 0. The third-order valence-corrected chi connectivity index (χ3v) is 1.13. The summed E-state index contributed by atoms with van der Waals surface area (Å²) in [6.45, 7) is 3.76. The number of benzene rings is 1. The molecule has 1 radical (unpaired) electrons. The van der Waals surface area contributed by atoms with Crippen molar-refractivity contribution < 1.29 is 0 Å². The van der Waals surface area contributed by atoms with Crippen molar-refractivity contribution in [3.8, 4) is 0 Å². The van der Waals surface area contributed by atoms with Crippen LogP contribution in [-0.4, -0.2) is 26.8 Å². The van der Waals surface area contributed by atoms with Gasteiger partial charge in [0.2, 0.25) is 0 Å². The fraction of sp³-hybridized carbons (Fsp3) is 0.125. The summed E-state index contributed by atoms with van der Waals surface area (Å²) >= 11 is -0.611. The minimum absolute atomic E-state index is 0.306. The van der Waals surface area contributed by atoms with Gasteiger partial charge >= 0.3 is 46.9 Å². The van der Waals surface area contributed by atoms with Crippen molar-refractivity contribution >= 4 is 66.9 Å². The predicted octanol–water partition coefficient (Wildman–Crippen LogP) is 4.06. The van der Waals surface area contributed by atoms with Crippen molar-refractivity contribution in [2.75, 3.05) is 0 Å². The summed E-state index contributed by atoms with van der Waals surface area (Å²) in [4.78, 5) is 0. The van der Waals surface area contributed by atoms with E-state index in [0.717, 1.165) is 6.42 Å². The molecule has 1 rings (SSSR count). The summed E-state index contributed by atoms with van der Waals surface area (Å²) in [5, 5.41) is 0. The summed E-state index contributed by atoms with van der Waals surface area (Å²) in [5.41, 5.74) is 1.30. The Morgan fingerprint density at radius 1 is 1.14 bits per heavy atom. The molecule has 0 bridgehead atoms. The van der Waals surface area contributed by atoms with E-state index >= 15 is 0 Å². The second-order valence-electron chi connectivity index (χ2n) is 1.90. The molecule has 0 aromatic heterocycles. The van der Waals surface area contributed by atoms with E-state index in [-0.39, 0.29) is 26.8 Å². The quantitative estimate of drug-likeness (QED) is 0.542. The molecule has 0 fully saturated rings. The second-order valence-corrected chi connectivity index (χ2v) is 6.19. The van der Waals surface area contributed by atoms with E-state index in [2.05, 4.69) is 19.1 Å². The molecule has 0 atom stereocenters. The van der Waals surface area contributed by atoms with Crippen LogP contribution >= 0.6 is 40.2 Å². The Morgan fingerprint density at radius 3 is 1.71 bits per heavy atom. The van der Waals surface area contributed by atoms with Gasteiger partial charge in [0.1, 0.15) is 0 Å². The van der Waals surface area contributed by atoms with Gasteiger partial charge in [-0.3, -0.25) is 0 Å². The summed E-state index contributed by atoms with van der Waals surface area (Å²) in [6.07, 6.45) is 0.890. The van der Waals surface area contributed by atoms with Gasteiger partial charge in [-0.05, 0) is 0 Å². The first-order chi connectivity index (χ1) is 6.76. The Labute approximate surface area is 115 Å². The molecular weight excluding hydrogens is 292 g/mol. The summed E-state index contributed by atoms with van der Waals surface area (Å²) in [5.74, 6) is 0. The third kappa shape index (κ3) is 15.9. The van der Waals surface area contributed by atoms with Crippen molar-refractivity contribution in [3.05, 3.63) is 42.8 Å². The summed E-state index contributed by atoms with van der Waals surface area (Å²) in [7, 11) is 19.4. The Balaban J connectivity index is 0. The SMILES string of the molecule is [CH2-]Cc1ccccc1.[Cl][Al+][Cl].[Cl][Al][Cl]. The minimum Gasteiger partial charge on any atom is -0.248 e. The summed E-state index contributed by atoms with van der Waals surface area (Å²) in [6, 6.07) is 10.2. The molecule has 0 aliphatic carbocycles. The molecular formula is C8H9Al2Cl4. The van der Waals surface area contributed by atoms with Gasteiger partial charge in [0.15, 0.2) is 0 Å². The normalized spacial score (nSPS) is 6.93. The van der Waals surface area contributed by atoms with Gasteiger partial charge in [-0.25, -0.2) is 20.1 Å². The van der Waals surface area contributed by atoms with E-state index in [1.165, 1.54) is 5.56 Å². The first kappa shape index (κ1) is 17.8. The third-order valence-electron chi connectivity index (χ3n) is 1.13. The van der Waals surface area contributed by atoms with Crippen molar-refractivity contribution in [2.45, 2.75) is 6.42 Å². The van der Waals surface area contributed by atoms with Gasteiger partial charge in [0.25, 0.3) is 0 Å². The van der Waals surface area contributed by atoms with E-state index in [0.29, 0.717) is 0 Å². The molecule has 0 spiro atoms. The average molecular weight is 301 g/mol. The van der Waals surface area contributed by atoms with E-state index in [9.17, 15) is 0 Å². The van der Waals surface area contributed by atoms with Crippen LogP contribution in [0.15, 0.2) is 30.3 Å². The molecule has 0 N–H and O–H groups in total. The molecule has 0 aliphatic rings. The van der Waals surface area contributed by atoms with Crippen molar-refractivity contribution in [1.82, 2.24) is 0 Å². The monoisotopic (exact) mass is 299 g/mol. The Hall–Kier alpha value is 1.44. The zero-order chi connectivity index (χ0) is 11.2. The predicted molar refractivity (Wildman–Crippen MR) is 70.4 cm³/mol. The fourth-order valence-corrected chi connectivity index (χ4v) is 0.645. The molecule has 0 saturated carbocycles. The van der Waals surface area contributed by atoms with Gasteiger partial charge in [-0.2, -0.15) is 6.42 Å². The van der Waals surface area contributed by atoms with Crippen LogP contribution in [0.4, 0.5) is 0 Å². The van der Waals surface area contributed by atoms with Crippen LogP contribution < -0.4 is 0 Å². The molecule has 14 heavy (non-hydrogen) atoms. The first-order valence-electron chi connectivity index (χ1n) is 3.64. The van der Waals surface area contributed by atoms with Crippen LogP contribution in [-0.2, 0) is 6.42 Å². The van der Waals surface area contributed by atoms with Gasteiger partial charge in [0.05, 0.1) is 0 Å². The van der Waals surface area contributed by atoms with Crippen LogP contribution in [0.1, 0.15) is 5.56 Å². The molecule has 1 aromatic carbocycles. The van der Waals surface area contributed by atoms with E-state index in [4.69, 9.17) is 40.2 Å².